The number of rotatable bonds is 3. The van der Waals surface area contributed by atoms with Crippen LogP contribution in [-0.4, -0.2) is 23.3 Å². The zero-order chi connectivity index (χ0) is 14.0. The molecule has 0 N–H and O–H groups in total. The van der Waals surface area contributed by atoms with E-state index in [0.29, 0.717) is 17.1 Å². The first-order valence-corrected chi connectivity index (χ1v) is 9.04. The van der Waals surface area contributed by atoms with E-state index < -0.39 is 7.14 Å². The Balaban J connectivity index is 2.44. The Bertz CT molecular complexity index is 655. The SMILES string of the molecule is CP(C)(=O)c1ccccc1Cc1nc(Cl)ncc1Cl. The smallest absolute Gasteiger partial charge is 0.222 e. The van der Waals surface area contributed by atoms with Gasteiger partial charge in [0.05, 0.1) is 16.9 Å². The van der Waals surface area contributed by atoms with Gasteiger partial charge in [0.2, 0.25) is 5.28 Å². The summed E-state index contributed by atoms with van der Waals surface area (Å²) < 4.78 is 12.3. The molecule has 0 saturated carbocycles. The normalized spacial score (nSPS) is 11.6. The van der Waals surface area contributed by atoms with E-state index in [2.05, 4.69) is 9.97 Å². The van der Waals surface area contributed by atoms with E-state index in [0.717, 1.165) is 10.9 Å². The first kappa shape index (κ1) is 14.5. The molecule has 0 radical (unpaired) electrons. The predicted octanol–water partition coefficient (Wildman–Crippen LogP) is 3.62. The van der Waals surface area contributed by atoms with Crippen molar-refractivity contribution in [1.29, 1.82) is 0 Å². The maximum atomic E-state index is 12.3. The van der Waals surface area contributed by atoms with E-state index in [1.165, 1.54) is 6.20 Å². The first-order valence-electron chi connectivity index (χ1n) is 5.68. The summed E-state index contributed by atoms with van der Waals surface area (Å²) in [7, 11) is -2.34. The molecule has 0 aliphatic heterocycles. The number of benzene rings is 1. The summed E-state index contributed by atoms with van der Waals surface area (Å²) in [4.78, 5) is 7.94. The van der Waals surface area contributed by atoms with Gasteiger partial charge in [-0.2, -0.15) is 0 Å². The van der Waals surface area contributed by atoms with Crippen LogP contribution in [0.3, 0.4) is 0 Å². The summed E-state index contributed by atoms with van der Waals surface area (Å²) in [5.74, 6) is 0. The van der Waals surface area contributed by atoms with E-state index in [-0.39, 0.29) is 5.28 Å². The molecule has 3 nitrogen and oxygen atoms in total. The molecular formula is C13H13Cl2N2OP. The minimum Gasteiger partial charge on any atom is -0.319 e. The molecule has 1 aromatic carbocycles. The van der Waals surface area contributed by atoms with E-state index in [9.17, 15) is 4.57 Å². The van der Waals surface area contributed by atoms with Crippen LogP contribution < -0.4 is 5.30 Å². The average Bonchev–Trinajstić information content (AvgIpc) is 2.33. The predicted molar refractivity (Wildman–Crippen MR) is 80.4 cm³/mol. The van der Waals surface area contributed by atoms with Gasteiger partial charge < -0.3 is 4.57 Å². The summed E-state index contributed by atoms with van der Waals surface area (Å²) in [6, 6.07) is 7.60. The molecule has 0 atom stereocenters. The number of nitrogens with zero attached hydrogens (tertiary/aromatic N) is 2. The van der Waals surface area contributed by atoms with Gasteiger partial charge in [-0.25, -0.2) is 9.97 Å². The molecule has 1 heterocycles. The molecule has 0 fully saturated rings. The van der Waals surface area contributed by atoms with Crippen LogP contribution >= 0.6 is 30.3 Å². The highest BCUT2D eigenvalue weighted by molar-refractivity contribution is 7.70. The lowest BCUT2D eigenvalue weighted by molar-refractivity contribution is 0.588. The van der Waals surface area contributed by atoms with Gasteiger partial charge in [0.25, 0.3) is 0 Å². The highest BCUT2D eigenvalue weighted by atomic mass is 35.5. The third-order valence-corrected chi connectivity index (χ3v) is 4.81. The fourth-order valence-corrected chi connectivity index (χ4v) is 3.47. The van der Waals surface area contributed by atoms with Crippen molar-refractivity contribution in [3.63, 3.8) is 0 Å². The number of aromatic nitrogens is 2. The monoisotopic (exact) mass is 314 g/mol. The van der Waals surface area contributed by atoms with Crippen molar-refractivity contribution in [2.24, 2.45) is 0 Å². The van der Waals surface area contributed by atoms with Crippen LogP contribution in [0.5, 0.6) is 0 Å². The lowest BCUT2D eigenvalue weighted by atomic mass is 10.1. The number of hydrogen-bond acceptors (Lipinski definition) is 3. The van der Waals surface area contributed by atoms with Crippen LogP contribution in [0.25, 0.3) is 0 Å². The molecule has 0 spiro atoms. The molecule has 100 valence electrons. The molecule has 2 aromatic rings. The van der Waals surface area contributed by atoms with Crippen LogP contribution in [0.4, 0.5) is 0 Å². The van der Waals surface area contributed by atoms with Crippen LogP contribution in [0.1, 0.15) is 11.3 Å². The van der Waals surface area contributed by atoms with E-state index >= 15 is 0 Å². The van der Waals surface area contributed by atoms with E-state index in [1.54, 1.807) is 13.3 Å². The Morgan fingerprint density at radius 3 is 2.58 bits per heavy atom. The molecular weight excluding hydrogens is 302 g/mol. The van der Waals surface area contributed by atoms with Crippen molar-refractivity contribution in [3.05, 3.63) is 52.0 Å². The van der Waals surface area contributed by atoms with Crippen molar-refractivity contribution in [2.45, 2.75) is 6.42 Å². The maximum absolute atomic E-state index is 12.3. The van der Waals surface area contributed by atoms with Crippen molar-refractivity contribution in [1.82, 2.24) is 9.97 Å². The second-order valence-electron chi connectivity index (χ2n) is 4.59. The molecule has 0 saturated heterocycles. The molecule has 19 heavy (non-hydrogen) atoms. The van der Waals surface area contributed by atoms with Gasteiger partial charge in [-0.05, 0) is 30.5 Å². The van der Waals surface area contributed by atoms with Gasteiger partial charge in [-0.3, -0.25) is 0 Å². The zero-order valence-corrected chi connectivity index (χ0v) is 13.0. The summed E-state index contributed by atoms with van der Waals surface area (Å²) in [6.07, 6.45) is 1.97. The molecule has 0 aliphatic carbocycles. The fraction of sp³-hybridized carbons (Fsp3) is 0.231. The Morgan fingerprint density at radius 1 is 1.21 bits per heavy atom. The summed E-state index contributed by atoms with van der Waals surface area (Å²) >= 11 is 11.8. The van der Waals surface area contributed by atoms with Gasteiger partial charge in [0.1, 0.15) is 7.14 Å². The number of halogens is 2. The quantitative estimate of drug-likeness (QED) is 0.642. The van der Waals surface area contributed by atoms with Gasteiger partial charge in [0, 0.05) is 11.7 Å². The van der Waals surface area contributed by atoms with Gasteiger partial charge >= 0.3 is 0 Å². The van der Waals surface area contributed by atoms with Crippen LogP contribution in [-0.2, 0) is 11.0 Å². The summed E-state index contributed by atoms with van der Waals surface area (Å²) in [6.45, 7) is 3.50. The fourth-order valence-electron chi connectivity index (χ4n) is 1.87. The second kappa shape index (κ2) is 5.62. The largest absolute Gasteiger partial charge is 0.319 e. The first-order chi connectivity index (χ1) is 8.88. The molecule has 0 bridgehead atoms. The molecule has 0 aliphatic rings. The lowest BCUT2D eigenvalue weighted by Gasteiger charge is -2.13. The van der Waals surface area contributed by atoms with Crippen LogP contribution in [0, 0.1) is 0 Å². The minimum absolute atomic E-state index is 0.160. The lowest BCUT2D eigenvalue weighted by Crippen LogP contribution is -2.11. The Kier molecular flexibility index (Phi) is 4.29. The van der Waals surface area contributed by atoms with Crippen molar-refractivity contribution in [3.8, 4) is 0 Å². The molecule has 2 rings (SSSR count). The third-order valence-electron chi connectivity index (χ3n) is 2.72. The molecule has 0 unspecified atom stereocenters. The van der Waals surface area contributed by atoms with Gasteiger partial charge in [0.15, 0.2) is 0 Å². The highest BCUT2D eigenvalue weighted by Gasteiger charge is 2.17. The highest BCUT2D eigenvalue weighted by Crippen LogP contribution is 2.36. The Hall–Kier alpha value is -0.890. The van der Waals surface area contributed by atoms with Gasteiger partial charge in [-0.15, -0.1) is 0 Å². The van der Waals surface area contributed by atoms with Crippen molar-refractivity contribution < 1.29 is 4.57 Å². The minimum atomic E-state index is -2.34. The van der Waals surface area contributed by atoms with Crippen molar-refractivity contribution in [2.75, 3.05) is 13.3 Å². The van der Waals surface area contributed by atoms with E-state index in [4.69, 9.17) is 23.2 Å². The van der Waals surface area contributed by atoms with Crippen LogP contribution in [0.15, 0.2) is 30.5 Å². The number of hydrogen-bond donors (Lipinski definition) is 0. The topological polar surface area (TPSA) is 42.9 Å². The molecule has 1 aromatic heterocycles. The maximum Gasteiger partial charge on any atom is 0.222 e. The molecule has 0 amide bonds. The third kappa shape index (κ3) is 3.56. The zero-order valence-electron chi connectivity index (χ0n) is 10.6. The Morgan fingerprint density at radius 2 is 1.89 bits per heavy atom. The molecule has 6 heteroatoms. The summed E-state index contributed by atoms with van der Waals surface area (Å²) in [5.41, 5.74) is 1.59. The van der Waals surface area contributed by atoms with E-state index in [1.807, 2.05) is 24.3 Å². The summed E-state index contributed by atoms with van der Waals surface area (Å²) in [5, 5.41) is 1.47. The van der Waals surface area contributed by atoms with Crippen molar-refractivity contribution >= 4 is 35.6 Å². The second-order valence-corrected chi connectivity index (χ2v) is 8.52. The standard InChI is InChI=1S/C13H13Cl2N2OP/c1-19(2,18)12-6-4-3-5-9(12)7-11-10(14)8-16-13(15)17-11/h3-6,8H,7H2,1-2H3. The van der Waals surface area contributed by atoms with Gasteiger partial charge in [-0.1, -0.05) is 35.9 Å². The Labute approximate surface area is 122 Å². The van der Waals surface area contributed by atoms with Crippen LogP contribution in [0.2, 0.25) is 10.3 Å². The average molecular weight is 315 g/mol.